The third-order valence-corrected chi connectivity index (χ3v) is 3.61. The molecule has 0 radical (unpaired) electrons. The fraction of sp³-hybridized carbons (Fsp3) is 0.875. The van der Waals surface area contributed by atoms with Crippen LogP contribution >= 0.6 is 0 Å². The van der Waals surface area contributed by atoms with Crippen molar-refractivity contribution in [3.63, 3.8) is 0 Å². The molecule has 0 bridgehead atoms. The minimum Gasteiger partial charge on any atom is -0.444 e. The highest BCUT2D eigenvalue weighted by molar-refractivity contribution is 5.75. The summed E-state index contributed by atoms with van der Waals surface area (Å²) < 4.78 is 5.27. The van der Waals surface area contributed by atoms with E-state index in [1.54, 1.807) is 0 Å². The molecule has 0 atom stereocenters. The SMILES string of the molecule is CCNC(=O)CCNC1CCC(NC(=O)OC(C)(C)C)CC1. The largest absolute Gasteiger partial charge is 0.444 e. The van der Waals surface area contributed by atoms with Crippen molar-refractivity contribution >= 4 is 12.0 Å². The quantitative estimate of drug-likeness (QED) is 0.700. The first-order chi connectivity index (χ1) is 10.3. The van der Waals surface area contributed by atoms with Crippen molar-refractivity contribution in [2.75, 3.05) is 13.1 Å². The Labute approximate surface area is 133 Å². The number of amides is 2. The lowest BCUT2D eigenvalue weighted by Crippen LogP contribution is -2.44. The van der Waals surface area contributed by atoms with Crippen molar-refractivity contribution in [1.82, 2.24) is 16.0 Å². The summed E-state index contributed by atoms with van der Waals surface area (Å²) >= 11 is 0. The van der Waals surface area contributed by atoms with Crippen LogP contribution in [0.25, 0.3) is 0 Å². The van der Waals surface area contributed by atoms with E-state index in [0.29, 0.717) is 25.6 Å². The van der Waals surface area contributed by atoms with Gasteiger partial charge in [-0.25, -0.2) is 4.79 Å². The maximum atomic E-state index is 11.7. The number of alkyl carbamates (subject to hydrolysis) is 1. The molecule has 0 saturated heterocycles. The van der Waals surface area contributed by atoms with Crippen LogP contribution in [0.2, 0.25) is 0 Å². The summed E-state index contributed by atoms with van der Waals surface area (Å²) in [6.45, 7) is 8.90. The highest BCUT2D eigenvalue weighted by Gasteiger charge is 2.24. The highest BCUT2D eigenvalue weighted by atomic mass is 16.6. The first-order valence-corrected chi connectivity index (χ1v) is 8.29. The molecule has 1 rings (SSSR count). The minimum atomic E-state index is -0.456. The summed E-state index contributed by atoms with van der Waals surface area (Å²) in [5.41, 5.74) is -0.456. The number of carbonyl (C=O) groups excluding carboxylic acids is 2. The lowest BCUT2D eigenvalue weighted by atomic mass is 9.91. The topological polar surface area (TPSA) is 79.5 Å². The molecule has 0 aromatic carbocycles. The molecule has 0 heterocycles. The number of hydrogen-bond donors (Lipinski definition) is 3. The predicted molar refractivity (Wildman–Crippen MR) is 86.7 cm³/mol. The summed E-state index contributed by atoms with van der Waals surface area (Å²) in [4.78, 5) is 23.1. The monoisotopic (exact) mass is 313 g/mol. The minimum absolute atomic E-state index is 0.0929. The van der Waals surface area contributed by atoms with Gasteiger partial charge in [-0.15, -0.1) is 0 Å². The van der Waals surface area contributed by atoms with Gasteiger partial charge in [-0.1, -0.05) is 0 Å². The Morgan fingerprint density at radius 3 is 2.23 bits per heavy atom. The van der Waals surface area contributed by atoms with Gasteiger partial charge in [-0.2, -0.15) is 0 Å². The van der Waals surface area contributed by atoms with E-state index in [-0.39, 0.29) is 18.0 Å². The Morgan fingerprint density at radius 2 is 1.68 bits per heavy atom. The molecule has 1 fully saturated rings. The zero-order valence-corrected chi connectivity index (χ0v) is 14.3. The average Bonchev–Trinajstić information content (AvgIpc) is 2.39. The Morgan fingerprint density at radius 1 is 1.09 bits per heavy atom. The van der Waals surface area contributed by atoms with E-state index in [1.807, 2.05) is 27.7 Å². The summed E-state index contributed by atoms with van der Waals surface area (Å²) in [6.07, 6.45) is 4.09. The maximum absolute atomic E-state index is 11.7. The van der Waals surface area contributed by atoms with Crippen LogP contribution in [0.4, 0.5) is 4.79 Å². The normalized spacial score (nSPS) is 22.0. The van der Waals surface area contributed by atoms with Crippen molar-refractivity contribution in [2.24, 2.45) is 0 Å². The molecular weight excluding hydrogens is 282 g/mol. The van der Waals surface area contributed by atoms with Crippen molar-refractivity contribution in [2.45, 2.75) is 77.5 Å². The molecule has 22 heavy (non-hydrogen) atoms. The molecule has 6 heteroatoms. The zero-order chi connectivity index (χ0) is 16.6. The molecule has 3 N–H and O–H groups in total. The van der Waals surface area contributed by atoms with Crippen molar-refractivity contribution < 1.29 is 14.3 Å². The van der Waals surface area contributed by atoms with Crippen molar-refractivity contribution in [3.8, 4) is 0 Å². The predicted octanol–water partition coefficient (Wildman–Crippen LogP) is 1.94. The Balaban J connectivity index is 2.15. The second-order valence-electron chi connectivity index (χ2n) is 6.85. The molecule has 0 unspecified atom stereocenters. The van der Waals surface area contributed by atoms with Gasteiger partial charge in [0.1, 0.15) is 5.60 Å². The molecular formula is C16H31N3O3. The van der Waals surface area contributed by atoms with Gasteiger partial charge < -0.3 is 20.7 Å². The van der Waals surface area contributed by atoms with Crippen LogP contribution in [-0.4, -0.2) is 42.8 Å². The van der Waals surface area contributed by atoms with Gasteiger partial charge in [0.05, 0.1) is 0 Å². The smallest absolute Gasteiger partial charge is 0.407 e. The van der Waals surface area contributed by atoms with E-state index >= 15 is 0 Å². The van der Waals surface area contributed by atoms with Gasteiger partial charge in [0.2, 0.25) is 5.91 Å². The summed E-state index contributed by atoms with van der Waals surface area (Å²) in [5, 5.41) is 9.14. The van der Waals surface area contributed by atoms with E-state index in [1.165, 1.54) is 0 Å². The molecule has 2 amide bonds. The van der Waals surface area contributed by atoms with Crippen LogP contribution in [0, 0.1) is 0 Å². The number of ether oxygens (including phenoxy) is 1. The molecule has 6 nitrogen and oxygen atoms in total. The standard InChI is InChI=1S/C16H31N3O3/c1-5-17-14(20)10-11-18-12-6-8-13(9-7-12)19-15(21)22-16(2,3)4/h12-13,18H,5-11H2,1-4H3,(H,17,20)(H,19,21). The van der Waals surface area contributed by atoms with Crippen LogP contribution < -0.4 is 16.0 Å². The molecule has 0 spiro atoms. The fourth-order valence-electron chi connectivity index (χ4n) is 2.59. The molecule has 1 aliphatic rings. The molecule has 0 aromatic heterocycles. The van der Waals surface area contributed by atoms with Crippen LogP contribution in [0.1, 0.15) is 59.8 Å². The first kappa shape index (κ1) is 18.7. The third kappa shape index (κ3) is 8.22. The van der Waals surface area contributed by atoms with Crippen molar-refractivity contribution in [1.29, 1.82) is 0 Å². The summed E-state index contributed by atoms with van der Waals surface area (Å²) in [7, 11) is 0. The van der Waals surface area contributed by atoms with Crippen LogP contribution in [0.3, 0.4) is 0 Å². The molecule has 1 aliphatic carbocycles. The Hall–Kier alpha value is -1.30. The van der Waals surface area contributed by atoms with E-state index in [2.05, 4.69) is 16.0 Å². The van der Waals surface area contributed by atoms with E-state index < -0.39 is 5.60 Å². The van der Waals surface area contributed by atoms with Gasteiger partial charge >= 0.3 is 6.09 Å². The van der Waals surface area contributed by atoms with Gasteiger partial charge in [0, 0.05) is 31.6 Å². The van der Waals surface area contributed by atoms with E-state index in [9.17, 15) is 9.59 Å². The molecule has 128 valence electrons. The lowest BCUT2D eigenvalue weighted by Gasteiger charge is -2.30. The Bertz CT molecular complexity index is 358. The van der Waals surface area contributed by atoms with Gasteiger partial charge in [-0.05, 0) is 53.4 Å². The van der Waals surface area contributed by atoms with Gasteiger partial charge in [0.15, 0.2) is 0 Å². The molecule has 0 aliphatic heterocycles. The molecule has 1 saturated carbocycles. The van der Waals surface area contributed by atoms with Gasteiger partial charge in [0.25, 0.3) is 0 Å². The van der Waals surface area contributed by atoms with E-state index in [4.69, 9.17) is 4.74 Å². The maximum Gasteiger partial charge on any atom is 0.407 e. The van der Waals surface area contributed by atoms with Gasteiger partial charge in [-0.3, -0.25) is 4.79 Å². The lowest BCUT2D eigenvalue weighted by molar-refractivity contribution is -0.120. The van der Waals surface area contributed by atoms with Crippen LogP contribution in [0.15, 0.2) is 0 Å². The fourth-order valence-corrected chi connectivity index (χ4v) is 2.59. The average molecular weight is 313 g/mol. The van der Waals surface area contributed by atoms with Crippen LogP contribution in [-0.2, 0) is 9.53 Å². The number of rotatable bonds is 6. The Kier molecular flexibility index (Phi) is 7.65. The zero-order valence-electron chi connectivity index (χ0n) is 14.3. The second kappa shape index (κ2) is 8.98. The van der Waals surface area contributed by atoms with Crippen molar-refractivity contribution in [3.05, 3.63) is 0 Å². The number of hydrogen-bond acceptors (Lipinski definition) is 4. The molecule has 0 aromatic rings. The summed E-state index contributed by atoms with van der Waals surface area (Å²) in [6, 6.07) is 0.627. The van der Waals surface area contributed by atoms with Crippen LogP contribution in [0.5, 0.6) is 0 Å². The summed E-state index contributed by atoms with van der Waals surface area (Å²) in [5.74, 6) is 0.0929. The first-order valence-electron chi connectivity index (χ1n) is 8.29. The number of carbonyl (C=O) groups is 2. The number of nitrogens with one attached hydrogen (secondary N) is 3. The van der Waals surface area contributed by atoms with E-state index in [0.717, 1.165) is 25.7 Å². The third-order valence-electron chi connectivity index (χ3n) is 3.61. The second-order valence-corrected chi connectivity index (χ2v) is 6.85. The highest BCUT2D eigenvalue weighted by Crippen LogP contribution is 2.19.